The number of amides is 2. The lowest BCUT2D eigenvalue weighted by molar-refractivity contribution is -0.134. The van der Waals surface area contributed by atoms with Crippen LogP contribution in [0.3, 0.4) is 0 Å². The molecule has 1 aliphatic heterocycles. The van der Waals surface area contributed by atoms with Gasteiger partial charge in [0, 0.05) is 20.1 Å². The highest BCUT2D eigenvalue weighted by atomic mass is 32.1. The largest absolute Gasteiger partial charge is 0.393 e. The number of likely N-dealkylation sites (tertiary alicyclic amines) is 1. The lowest BCUT2D eigenvalue weighted by Crippen LogP contribution is -2.45. The lowest BCUT2D eigenvalue weighted by Gasteiger charge is -2.27. The molecule has 0 saturated carbocycles. The summed E-state index contributed by atoms with van der Waals surface area (Å²) < 4.78 is 0. The number of nitrogens with one attached hydrogen (secondary N) is 1. The molecule has 0 spiro atoms. The Bertz CT molecular complexity index is 397. The van der Waals surface area contributed by atoms with Crippen LogP contribution in [0.15, 0.2) is 0 Å². The van der Waals surface area contributed by atoms with Gasteiger partial charge in [0.15, 0.2) is 0 Å². The highest BCUT2D eigenvalue weighted by Crippen LogP contribution is 2.31. The van der Waals surface area contributed by atoms with Gasteiger partial charge in [0.25, 0.3) is 0 Å². The number of hydrogen-bond donors (Lipinski definition) is 2. The van der Waals surface area contributed by atoms with Crippen molar-refractivity contribution in [1.82, 2.24) is 10.2 Å². The van der Waals surface area contributed by atoms with Crippen molar-refractivity contribution in [3.63, 3.8) is 0 Å². The van der Waals surface area contributed by atoms with E-state index in [-0.39, 0.29) is 22.7 Å². The molecule has 1 rings (SSSR count). The number of thiocarbonyl (C=S) groups is 1. The summed E-state index contributed by atoms with van der Waals surface area (Å²) in [6.45, 7) is 6.74. The highest BCUT2D eigenvalue weighted by molar-refractivity contribution is 7.80. The fourth-order valence-corrected chi connectivity index (χ4v) is 2.94. The van der Waals surface area contributed by atoms with E-state index < -0.39 is 11.3 Å². The van der Waals surface area contributed by atoms with Gasteiger partial charge in [-0.25, -0.2) is 0 Å². The molecule has 2 amide bonds. The van der Waals surface area contributed by atoms with E-state index in [1.54, 1.807) is 11.9 Å². The van der Waals surface area contributed by atoms with E-state index in [2.05, 4.69) is 5.32 Å². The standard InChI is InChI=1S/C13H23N3O2S/c1-8(2)9(10(14)19)11(17)16-6-5-13(3,7-16)12(18)15-4/h8-9H,5-7H2,1-4H3,(H2,14,19)(H,15,18). The molecule has 1 heterocycles. The normalized spacial score (nSPS) is 24.4. The minimum Gasteiger partial charge on any atom is -0.393 e. The molecule has 2 atom stereocenters. The first kappa shape index (κ1) is 15.9. The molecular weight excluding hydrogens is 262 g/mol. The van der Waals surface area contributed by atoms with Gasteiger partial charge in [-0.05, 0) is 19.3 Å². The average molecular weight is 285 g/mol. The van der Waals surface area contributed by atoms with Crippen LogP contribution in [0, 0.1) is 17.3 Å². The Balaban J connectivity index is 2.81. The molecule has 0 radical (unpaired) electrons. The first-order valence-electron chi connectivity index (χ1n) is 6.53. The third-order valence-electron chi connectivity index (χ3n) is 3.80. The average Bonchev–Trinajstić information content (AvgIpc) is 2.71. The Kier molecular flexibility index (Phi) is 4.90. The SMILES string of the molecule is CNC(=O)C1(C)CCN(C(=O)C(C(N)=S)C(C)C)C1. The number of carbonyl (C=O) groups excluding carboxylic acids is 2. The molecule has 1 fully saturated rings. The van der Waals surface area contributed by atoms with E-state index in [0.717, 1.165) is 0 Å². The second-order valence-corrected chi connectivity index (χ2v) is 6.25. The van der Waals surface area contributed by atoms with Crippen LogP contribution in [0.2, 0.25) is 0 Å². The van der Waals surface area contributed by atoms with Crippen LogP contribution in [0.1, 0.15) is 27.2 Å². The third kappa shape index (κ3) is 3.23. The van der Waals surface area contributed by atoms with Crippen molar-refractivity contribution in [3.05, 3.63) is 0 Å². The van der Waals surface area contributed by atoms with E-state index in [9.17, 15) is 9.59 Å². The van der Waals surface area contributed by atoms with Crippen molar-refractivity contribution < 1.29 is 9.59 Å². The Morgan fingerprint density at radius 2 is 2.00 bits per heavy atom. The summed E-state index contributed by atoms with van der Waals surface area (Å²) in [6.07, 6.45) is 0.667. The Labute approximate surface area is 119 Å². The van der Waals surface area contributed by atoms with Crippen LogP contribution in [-0.4, -0.2) is 41.8 Å². The Hall–Kier alpha value is -1.17. The summed E-state index contributed by atoms with van der Waals surface area (Å²) in [5, 5.41) is 2.65. The molecular formula is C13H23N3O2S. The van der Waals surface area contributed by atoms with E-state index in [1.165, 1.54) is 0 Å². The Morgan fingerprint density at radius 1 is 1.42 bits per heavy atom. The molecule has 108 valence electrons. The first-order valence-corrected chi connectivity index (χ1v) is 6.94. The molecule has 0 aromatic heterocycles. The van der Waals surface area contributed by atoms with Gasteiger partial charge in [-0.3, -0.25) is 9.59 Å². The predicted octanol–water partition coefficient (Wildman–Crippen LogP) is 0.529. The van der Waals surface area contributed by atoms with Gasteiger partial charge in [0.1, 0.15) is 0 Å². The van der Waals surface area contributed by atoms with Gasteiger partial charge in [0.2, 0.25) is 11.8 Å². The topological polar surface area (TPSA) is 75.4 Å². The summed E-state index contributed by atoms with van der Waals surface area (Å²) in [5.41, 5.74) is 5.15. The number of carbonyl (C=O) groups is 2. The van der Waals surface area contributed by atoms with Crippen LogP contribution in [0.5, 0.6) is 0 Å². The van der Waals surface area contributed by atoms with Crippen molar-refractivity contribution >= 4 is 29.0 Å². The predicted molar refractivity (Wildman–Crippen MR) is 78.5 cm³/mol. The minimum atomic E-state index is -0.512. The maximum Gasteiger partial charge on any atom is 0.232 e. The molecule has 5 nitrogen and oxygen atoms in total. The second kappa shape index (κ2) is 5.86. The van der Waals surface area contributed by atoms with Gasteiger partial charge in [0.05, 0.1) is 16.3 Å². The smallest absolute Gasteiger partial charge is 0.232 e. The lowest BCUT2D eigenvalue weighted by atomic mass is 9.88. The van der Waals surface area contributed by atoms with Crippen LogP contribution >= 0.6 is 12.2 Å². The summed E-state index contributed by atoms with van der Waals surface area (Å²) >= 11 is 4.99. The van der Waals surface area contributed by atoms with E-state index in [1.807, 2.05) is 20.8 Å². The van der Waals surface area contributed by atoms with Crippen molar-refractivity contribution in [3.8, 4) is 0 Å². The molecule has 6 heteroatoms. The van der Waals surface area contributed by atoms with Crippen molar-refractivity contribution in [2.24, 2.45) is 23.0 Å². The van der Waals surface area contributed by atoms with Crippen LogP contribution in [0.4, 0.5) is 0 Å². The molecule has 1 aliphatic rings. The molecule has 0 aromatic rings. The van der Waals surface area contributed by atoms with Crippen molar-refractivity contribution in [1.29, 1.82) is 0 Å². The Morgan fingerprint density at radius 3 is 2.42 bits per heavy atom. The summed E-state index contributed by atoms with van der Waals surface area (Å²) in [4.78, 5) is 26.2. The van der Waals surface area contributed by atoms with E-state index in [4.69, 9.17) is 18.0 Å². The number of hydrogen-bond acceptors (Lipinski definition) is 3. The van der Waals surface area contributed by atoms with Gasteiger partial charge in [-0.15, -0.1) is 0 Å². The fourth-order valence-electron chi connectivity index (χ4n) is 2.57. The molecule has 0 aliphatic carbocycles. The van der Waals surface area contributed by atoms with Gasteiger partial charge >= 0.3 is 0 Å². The molecule has 1 saturated heterocycles. The zero-order valence-corrected chi connectivity index (χ0v) is 12.8. The number of nitrogens with zero attached hydrogens (tertiary/aromatic N) is 1. The summed E-state index contributed by atoms with van der Waals surface area (Å²) in [5.74, 6) is -0.465. The number of rotatable bonds is 4. The summed E-state index contributed by atoms with van der Waals surface area (Å²) in [6, 6.07) is 0. The van der Waals surface area contributed by atoms with Crippen LogP contribution < -0.4 is 11.1 Å². The first-order chi connectivity index (χ1) is 8.73. The fraction of sp³-hybridized carbons (Fsp3) is 0.769. The van der Waals surface area contributed by atoms with Crippen molar-refractivity contribution in [2.75, 3.05) is 20.1 Å². The van der Waals surface area contributed by atoms with E-state index in [0.29, 0.717) is 19.5 Å². The third-order valence-corrected chi connectivity index (χ3v) is 4.05. The molecule has 0 aromatic carbocycles. The minimum absolute atomic E-state index is 0.0285. The van der Waals surface area contributed by atoms with Gasteiger partial charge < -0.3 is 16.0 Å². The van der Waals surface area contributed by atoms with Crippen molar-refractivity contribution in [2.45, 2.75) is 27.2 Å². The van der Waals surface area contributed by atoms with Gasteiger partial charge in [-0.2, -0.15) is 0 Å². The molecule has 3 N–H and O–H groups in total. The quantitative estimate of drug-likeness (QED) is 0.739. The maximum atomic E-state index is 12.5. The molecule has 2 unspecified atom stereocenters. The molecule has 0 bridgehead atoms. The number of nitrogens with two attached hydrogens (primary N) is 1. The summed E-state index contributed by atoms with van der Waals surface area (Å²) in [7, 11) is 1.62. The zero-order chi connectivity index (χ0) is 14.8. The highest BCUT2D eigenvalue weighted by Gasteiger charge is 2.43. The molecule has 19 heavy (non-hydrogen) atoms. The monoisotopic (exact) mass is 285 g/mol. The van der Waals surface area contributed by atoms with Crippen LogP contribution in [-0.2, 0) is 9.59 Å². The maximum absolute atomic E-state index is 12.5. The van der Waals surface area contributed by atoms with E-state index >= 15 is 0 Å². The second-order valence-electron chi connectivity index (χ2n) is 5.77. The van der Waals surface area contributed by atoms with Gasteiger partial charge in [-0.1, -0.05) is 26.1 Å². The zero-order valence-electron chi connectivity index (χ0n) is 12.0. The van der Waals surface area contributed by atoms with Crippen LogP contribution in [0.25, 0.3) is 0 Å².